The number of thiophene rings is 1. The Kier molecular flexibility index (Phi) is 4.51. The minimum atomic E-state index is 0.507. The van der Waals surface area contributed by atoms with E-state index in [-0.39, 0.29) is 0 Å². The van der Waals surface area contributed by atoms with Gasteiger partial charge in [-0.25, -0.2) is 0 Å². The van der Waals surface area contributed by atoms with Crippen LogP contribution in [0.4, 0.5) is 0 Å². The first-order chi connectivity index (χ1) is 9.65. The first-order valence-electron chi connectivity index (χ1n) is 6.87. The summed E-state index contributed by atoms with van der Waals surface area (Å²) >= 11 is 11.7. The van der Waals surface area contributed by atoms with Crippen LogP contribution in [0, 0.1) is 6.92 Å². The molecule has 2 unspecified atom stereocenters. The van der Waals surface area contributed by atoms with Crippen LogP contribution in [0.25, 0.3) is 0 Å². The Hall–Kier alpha value is -0.350. The van der Waals surface area contributed by atoms with Gasteiger partial charge in [-0.15, -0.1) is 11.3 Å². The van der Waals surface area contributed by atoms with Gasteiger partial charge in [0, 0.05) is 37.6 Å². The van der Waals surface area contributed by atoms with Gasteiger partial charge in [0.05, 0.1) is 0 Å². The molecule has 2 aromatic rings. The van der Waals surface area contributed by atoms with Crippen LogP contribution in [0.15, 0.2) is 34.8 Å². The van der Waals surface area contributed by atoms with Crippen molar-refractivity contribution in [2.24, 2.45) is 0 Å². The minimum absolute atomic E-state index is 0.507. The molecule has 1 aromatic carbocycles. The Morgan fingerprint density at radius 1 is 1.30 bits per heavy atom. The summed E-state index contributed by atoms with van der Waals surface area (Å²) < 4.78 is 1.24. The van der Waals surface area contributed by atoms with Crippen LogP contribution < -0.4 is 5.32 Å². The Morgan fingerprint density at radius 3 is 2.85 bits per heavy atom. The summed E-state index contributed by atoms with van der Waals surface area (Å²) in [6.07, 6.45) is 1.18. The lowest BCUT2D eigenvalue weighted by atomic mass is 9.80. The number of nitrogens with one attached hydrogen (secondary N) is 1. The van der Waals surface area contributed by atoms with Crippen molar-refractivity contribution in [1.29, 1.82) is 0 Å². The zero-order valence-electron chi connectivity index (χ0n) is 11.3. The second kappa shape index (κ2) is 6.18. The van der Waals surface area contributed by atoms with E-state index in [1.165, 1.54) is 26.2 Å². The monoisotopic (exact) mass is 369 g/mol. The van der Waals surface area contributed by atoms with Gasteiger partial charge in [0.1, 0.15) is 0 Å². The Balaban J connectivity index is 1.95. The van der Waals surface area contributed by atoms with Gasteiger partial charge < -0.3 is 5.32 Å². The molecule has 1 nitrogen and oxygen atoms in total. The molecule has 2 heterocycles. The van der Waals surface area contributed by atoms with E-state index in [0.29, 0.717) is 11.8 Å². The van der Waals surface area contributed by atoms with Crippen molar-refractivity contribution in [2.45, 2.75) is 25.2 Å². The zero-order valence-corrected chi connectivity index (χ0v) is 14.5. The van der Waals surface area contributed by atoms with Gasteiger partial charge in [-0.1, -0.05) is 23.7 Å². The minimum Gasteiger partial charge on any atom is -0.316 e. The van der Waals surface area contributed by atoms with Gasteiger partial charge in [0.25, 0.3) is 0 Å². The molecule has 1 fully saturated rings. The number of aryl methyl sites for hydroxylation is 1. The average Bonchev–Trinajstić information content (AvgIpc) is 2.79. The van der Waals surface area contributed by atoms with Gasteiger partial charge in [0.2, 0.25) is 0 Å². The van der Waals surface area contributed by atoms with Gasteiger partial charge in [-0.2, -0.15) is 0 Å². The molecule has 1 N–H and O–H groups in total. The molecule has 3 rings (SSSR count). The van der Waals surface area contributed by atoms with Crippen LogP contribution in [0.1, 0.15) is 33.6 Å². The Morgan fingerprint density at radius 2 is 2.15 bits per heavy atom. The fourth-order valence-electron chi connectivity index (χ4n) is 2.95. The molecular weight excluding hydrogens is 354 g/mol. The maximum atomic E-state index is 6.16. The highest BCUT2D eigenvalue weighted by Crippen LogP contribution is 2.42. The Bertz CT molecular complexity index is 591. The predicted octanol–water partition coefficient (Wildman–Crippen LogP) is 5.33. The normalized spacial score (nSPS) is 22.9. The third-order valence-electron chi connectivity index (χ3n) is 4.00. The number of benzene rings is 1. The molecule has 0 amide bonds. The number of piperidine rings is 1. The van der Waals surface area contributed by atoms with E-state index in [2.05, 4.69) is 52.4 Å². The van der Waals surface area contributed by atoms with Gasteiger partial charge in [-0.05, 0) is 59.6 Å². The molecule has 0 radical (unpaired) electrons. The van der Waals surface area contributed by atoms with Crippen molar-refractivity contribution in [2.75, 3.05) is 13.1 Å². The van der Waals surface area contributed by atoms with Crippen LogP contribution >= 0.6 is 38.9 Å². The third-order valence-corrected chi connectivity index (χ3v) is 6.50. The van der Waals surface area contributed by atoms with E-state index < -0.39 is 0 Å². The highest BCUT2D eigenvalue weighted by molar-refractivity contribution is 9.10. The molecule has 1 saturated heterocycles. The molecule has 20 heavy (non-hydrogen) atoms. The summed E-state index contributed by atoms with van der Waals surface area (Å²) in [6.45, 7) is 4.30. The second-order valence-electron chi connectivity index (χ2n) is 5.31. The molecule has 4 heteroatoms. The van der Waals surface area contributed by atoms with E-state index in [4.69, 9.17) is 11.6 Å². The van der Waals surface area contributed by atoms with Crippen molar-refractivity contribution in [3.8, 4) is 0 Å². The SMILES string of the molecule is Cc1sc(C2CCNCC2c2cccc(Cl)c2)cc1Br. The van der Waals surface area contributed by atoms with Gasteiger partial charge in [-0.3, -0.25) is 0 Å². The summed E-state index contributed by atoms with van der Waals surface area (Å²) in [4.78, 5) is 2.85. The first kappa shape index (κ1) is 14.6. The lowest BCUT2D eigenvalue weighted by molar-refractivity contribution is 0.408. The van der Waals surface area contributed by atoms with Crippen molar-refractivity contribution in [3.05, 3.63) is 55.1 Å². The number of hydrogen-bond donors (Lipinski definition) is 1. The molecule has 0 aliphatic carbocycles. The molecule has 2 atom stereocenters. The van der Waals surface area contributed by atoms with Crippen LogP contribution in [0.5, 0.6) is 0 Å². The molecule has 1 aromatic heterocycles. The lowest BCUT2D eigenvalue weighted by Crippen LogP contribution is -2.33. The fraction of sp³-hybridized carbons (Fsp3) is 0.375. The molecule has 0 bridgehead atoms. The molecule has 0 saturated carbocycles. The van der Waals surface area contributed by atoms with Gasteiger partial charge in [0.15, 0.2) is 0 Å². The smallest absolute Gasteiger partial charge is 0.0408 e. The fourth-order valence-corrected chi connectivity index (χ4v) is 4.91. The van der Waals surface area contributed by atoms with Crippen LogP contribution in [0.2, 0.25) is 5.02 Å². The highest BCUT2D eigenvalue weighted by Gasteiger charge is 2.29. The maximum absolute atomic E-state index is 6.16. The topological polar surface area (TPSA) is 12.0 Å². The van der Waals surface area contributed by atoms with Crippen molar-refractivity contribution < 1.29 is 0 Å². The van der Waals surface area contributed by atoms with Crippen LogP contribution in [0.3, 0.4) is 0 Å². The summed E-state index contributed by atoms with van der Waals surface area (Å²) in [5.74, 6) is 1.09. The number of halogens is 2. The summed E-state index contributed by atoms with van der Waals surface area (Å²) in [5, 5.41) is 4.35. The van der Waals surface area contributed by atoms with Crippen LogP contribution in [-0.4, -0.2) is 13.1 Å². The second-order valence-corrected chi connectivity index (χ2v) is 7.89. The molecule has 0 spiro atoms. The van der Waals surface area contributed by atoms with E-state index in [9.17, 15) is 0 Å². The highest BCUT2D eigenvalue weighted by atomic mass is 79.9. The van der Waals surface area contributed by atoms with Crippen molar-refractivity contribution in [3.63, 3.8) is 0 Å². The Labute approximate surface area is 137 Å². The first-order valence-corrected chi connectivity index (χ1v) is 8.86. The number of rotatable bonds is 2. The predicted molar refractivity (Wildman–Crippen MR) is 91.2 cm³/mol. The molecular formula is C16H17BrClNS. The average molecular weight is 371 g/mol. The maximum Gasteiger partial charge on any atom is 0.0408 e. The van der Waals surface area contributed by atoms with Crippen molar-refractivity contribution >= 4 is 38.9 Å². The largest absolute Gasteiger partial charge is 0.316 e. The number of hydrogen-bond acceptors (Lipinski definition) is 2. The summed E-state index contributed by atoms with van der Waals surface area (Å²) in [7, 11) is 0. The van der Waals surface area contributed by atoms with E-state index in [0.717, 1.165) is 18.1 Å². The van der Waals surface area contributed by atoms with Gasteiger partial charge >= 0.3 is 0 Å². The zero-order chi connectivity index (χ0) is 14.1. The standard InChI is InChI=1S/C16H17BrClNS/c1-10-15(17)8-16(20-10)13-5-6-19-9-14(13)11-3-2-4-12(18)7-11/h2-4,7-8,13-14,19H,5-6,9H2,1H3. The van der Waals surface area contributed by atoms with E-state index >= 15 is 0 Å². The molecule has 1 aliphatic heterocycles. The molecule has 106 valence electrons. The lowest BCUT2D eigenvalue weighted by Gasteiger charge is -2.32. The molecule has 1 aliphatic rings. The van der Waals surface area contributed by atoms with Crippen molar-refractivity contribution in [1.82, 2.24) is 5.32 Å². The quantitative estimate of drug-likeness (QED) is 0.753. The van der Waals surface area contributed by atoms with Crippen LogP contribution in [-0.2, 0) is 0 Å². The van der Waals surface area contributed by atoms with E-state index in [1.807, 2.05) is 17.4 Å². The summed E-state index contributed by atoms with van der Waals surface area (Å²) in [5.41, 5.74) is 1.34. The third kappa shape index (κ3) is 2.96. The summed E-state index contributed by atoms with van der Waals surface area (Å²) in [6, 6.07) is 10.6. The van der Waals surface area contributed by atoms with E-state index in [1.54, 1.807) is 0 Å².